The minimum absolute atomic E-state index is 0.269. The van der Waals surface area contributed by atoms with Gasteiger partial charge in [0.25, 0.3) is 0 Å². The first-order valence-corrected chi connectivity index (χ1v) is 8.64. The zero-order valence-corrected chi connectivity index (χ0v) is 14.9. The van der Waals surface area contributed by atoms with Crippen LogP contribution in [-0.2, 0) is 0 Å². The van der Waals surface area contributed by atoms with Crippen LogP contribution < -0.4 is 0 Å². The Balaban J connectivity index is 1.64. The molecule has 0 aromatic heterocycles. The van der Waals surface area contributed by atoms with E-state index in [1.165, 1.54) is 0 Å². The largest absolute Gasteiger partial charge is 0.478 e. The van der Waals surface area contributed by atoms with E-state index < -0.39 is 11.9 Å². The molecule has 0 aliphatic carbocycles. The van der Waals surface area contributed by atoms with Crippen molar-refractivity contribution >= 4 is 36.2 Å². The number of hydrogen-bond donors (Lipinski definition) is 2. The Kier molecular flexibility index (Phi) is 5.82. The number of aromatic carboxylic acids is 2. The molecule has 4 heteroatoms. The van der Waals surface area contributed by atoms with E-state index in [0.717, 1.165) is 22.3 Å². The maximum atomic E-state index is 10.9. The summed E-state index contributed by atoms with van der Waals surface area (Å²) in [6.07, 6.45) is 7.79. The van der Waals surface area contributed by atoms with Crippen molar-refractivity contribution in [2.24, 2.45) is 0 Å². The third kappa shape index (κ3) is 5.05. The maximum Gasteiger partial charge on any atom is 0.335 e. The highest BCUT2D eigenvalue weighted by molar-refractivity contribution is 5.88. The summed E-state index contributed by atoms with van der Waals surface area (Å²) in [4.78, 5) is 21.7. The molecule has 0 unspecified atom stereocenters. The summed E-state index contributed by atoms with van der Waals surface area (Å²) in [5, 5.41) is 17.8. The average molecular weight is 370 g/mol. The van der Waals surface area contributed by atoms with Crippen LogP contribution in [0.2, 0.25) is 0 Å². The van der Waals surface area contributed by atoms with Crippen LogP contribution in [0.4, 0.5) is 0 Å². The van der Waals surface area contributed by atoms with Crippen molar-refractivity contribution in [2.45, 2.75) is 0 Å². The molecular formula is C24H18O4. The zero-order valence-electron chi connectivity index (χ0n) is 14.9. The second-order valence-corrected chi connectivity index (χ2v) is 6.19. The molecule has 0 atom stereocenters. The van der Waals surface area contributed by atoms with Crippen molar-refractivity contribution in [3.8, 4) is 0 Å². The highest BCUT2D eigenvalue weighted by Gasteiger charge is 2.01. The maximum absolute atomic E-state index is 10.9. The minimum atomic E-state index is -0.933. The number of benzene rings is 3. The van der Waals surface area contributed by atoms with E-state index in [1.54, 1.807) is 48.5 Å². The van der Waals surface area contributed by atoms with E-state index in [4.69, 9.17) is 10.2 Å². The van der Waals surface area contributed by atoms with Crippen LogP contribution in [0, 0.1) is 0 Å². The van der Waals surface area contributed by atoms with Gasteiger partial charge in [-0.25, -0.2) is 9.59 Å². The zero-order chi connectivity index (χ0) is 19.9. The van der Waals surface area contributed by atoms with E-state index in [2.05, 4.69) is 0 Å². The van der Waals surface area contributed by atoms with Gasteiger partial charge in [0.05, 0.1) is 11.1 Å². The Morgan fingerprint density at radius 2 is 0.679 bits per heavy atom. The molecule has 4 nitrogen and oxygen atoms in total. The fourth-order valence-electron chi connectivity index (χ4n) is 2.58. The molecule has 28 heavy (non-hydrogen) atoms. The molecule has 0 saturated carbocycles. The monoisotopic (exact) mass is 370 g/mol. The summed E-state index contributed by atoms with van der Waals surface area (Å²) < 4.78 is 0. The molecule has 0 heterocycles. The molecule has 0 radical (unpaired) electrons. The van der Waals surface area contributed by atoms with Crippen molar-refractivity contribution in [1.82, 2.24) is 0 Å². The number of carbonyl (C=O) groups is 2. The Labute approximate surface area is 162 Å². The summed E-state index contributed by atoms with van der Waals surface area (Å²) in [6, 6.07) is 21.4. The second-order valence-electron chi connectivity index (χ2n) is 6.19. The van der Waals surface area contributed by atoms with Crippen LogP contribution in [0.5, 0.6) is 0 Å². The molecule has 3 aromatic rings. The van der Waals surface area contributed by atoms with E-state index in [0.29, 0.717) is 0 Å². The summed E-state index contributed by atoms with van der Waals surface area (Å²) in [5.41, 5.74) is 4.46. The van der Waals surface area contributed by atoms with Crippen LogP contribution >= 0.6 is 0 Å². The SMILES string of the molecule is O=C(O)c1ccc(C=Cc2ccc(/C=C/c3ccc(C(=O)O)cc3)cc2)cc1. The average Bonchev–Trinajstić information content (AvgIpc) is 2.72. The molecule has 2 N–H and O–H groups in total. The first-order chi connectivity index (χ1) is 13.5. The van der Waals surface area contributed by atoms with E-state index in [1.807, 2.05) is 48.6 Å². The Morgan fingerprint density at radius 3 is 0.893 bits per heavy atom. The van der Waals surface area contributed by atoms with E-state index in [9.17, 15) is 9.59 Å². The van der Waals surface area contributed by atoms with Crippen molar-refractivity contribution in [3.05, 3.63) is 106 Å². The molecular weight excluding hydrogens is 352 g/mol. The van der Waals surface area contributed by atoms with Crippen molar-refractivity contribution in [3.63, 3.8) is 0 Å². The Morgan fingerprint density at radius 1 is 0.464 bits per heavy atom. The fraction of sp³-hybridized carbons (Fsp3) is 0. The normalized spacial score (nSPS) is 11.1. The Bertz CT molecular complexity index is 939. The molecule has 3 rings (SSSR count). The van der Waals surface area contributed by atoms with Crippen LogP contribution in [-0.4, -0.2) is 22.2 Å². The van der Waals surface area contributed by atoms with Crippen LogP contribution in [0.3, 0.4) is 0 Å². The van der Waals surface area contributed by atoms with Crippen molar-refractivity contribution < 1.29 is 19.8 Å². The molecule has 0 saturated heterocycles. The van der Waals surface area contributed by atoms with Crippen molar-refractivity contribution in [1.29, 1.82) is 0 Å². The van der Waals surface area contributed by atoms with Gasteiger partial charge in [-0.15, -0.1) is 0 Å². The lowest BCUT2D eigenvalue weighted by molar-refractivity contribution is 0.0686. The molecule has 0 aliphatic heterocycles. The summed E-state index contributed by atoms with van der Waals surface area (Å²) in [7, 11) is 0. The highest BCUT2D eigenvalue weighted by atomic mass is 16.4. The van der Waals surface area contributed by atoms with Gasteiger partial charge in [0.2, 0.25) is 0 Å². The summed E-state index contributed by atoms with van der Waals surface area (Å²) in [6.45, 7) is 0. The first kappa shape index (κ1) is 18.9. The standard InChI is InChI=1S/C24H18O4/c25-23(26)21-13-9-19(10-14-21)7-5-17-1-2-18(4-3-17)6-8-20-11-15-22(16-12-20)24(27)28/h1-16H,(H,25,26)(H,27,28)/b7-5+,8-6?. The van der Waals surface area contributed by atoms with Crippen LogP contribution in [0.25, 0.3) is 24.3 Å². The van der Waals surface area contributed by atoms with Gasteiger partial charge in [0, 0.05) is 0 Å². The lowest BCUT2D eigenvalue weighted by Gasteiger charge is -1.99. The van der Waals surface area contributed by atoms with Gasteiger partial charge in [0.1, 0.15) is 0 Å². The van der Waals surface area contributed by atoms with E-state index >= 15 is 0 Å². The fourth-order valence-corrected chi connectivity index (χ4v) is 2.58. The second kappa shape index (κ2) is 8.64. The highest BCUT2D eigenvalue weighted by Crippen LogP contribution is 2.14. The van der Waals surface area contributed by atoms with Crippen LogP contribution in [0.1, 0.15) is 43.0 Å². The lowest BCUT2D eigenvalue weighted by atomic mass is 10.1. The topological polar surface area (TPSA) is 74.6 Å². The molecule has 0 amide bonds. The minimum Gasteiger partial charge on any atom is -0.478 e. The van der Waals surface area contributed by atoms with Gasteiger partial charge in [-0.05, 0) is 46.5 Å². The number of rotatable bonds is 6. The third-order valence-corrected chi connectivity index (χ3v) is 4.19. The van der Waals surface area contributed by atoms with Crippen LogP contribution in [0.15, 0.2) is 72.8 Å². The first-order valence-electron chi connectivity index (χ1n) is 8.64. The predicted molar refractivity (Wildman–Crippen MR) is 111 cm³/mol. The molecule has 138 valence electrons. The van der Waals surface area contributed by atoms with Gasteiger partial charge in [-0.2, -0.15) is 0 Å². The molecule has 0 aliphatic rings. The quantitative estimate of drug-likeness (QED) is 0.568. The van der Waals surface area contributed by atoms with E-state index in [-0.39, 0.29) is 11.1 Å². The van der Waals surface area contributed by atoms with Gasteiger partial charge in [-0.3, -0.25) is 0 Å². The number of hydrogen-bond acceptors (Lipinski definition) is 2. The summed E-state index contributed by atoms with van der Waals surface area (Å²) in [5.74, 6) is -1.87. The number of carboxylic acids is 2. The molecule has 3 aromatic carbocycles. The lowest BCUT2D eigenvalue weighted by Crippen LogP contribution is -1.94. The van der Waals surface area contributed by atoms with Gasteiger partial charge in [-0.1, -0.05) is 72.8 Å². The Hall–Kier alpha value is -3.92. The molecule has 0 fully saturated rings. The smallest absolute Gasteiger partial charge is 0.335 e. The van der Waals surface area contributed by atoms with Crippen molar-refractivity contribution in [2.75, 3.05) is 0 Å². The van der Waals surface area contributed by atoms with Gasteiger partial charge in [0.15, 0.2) is 0 Å². The molecule has 0 bridgehead atoms. The number of carboxylic acid groups (broad SMARTS) is 2. The van der Waals surface area contributed by atoms with Gasteiger partial charge >= 0.3 is 11.9 Å². The molecule has 0 spiro atoms. The van der Waals surface area contributed by atoms with Gasteiger partial charge < -0.3 is 10.2 Å². The summed E-state index contributed by atoms with van der Waals surface area (Å²) >= 11 is 0. The predicted octanol–water partition coefficient (Wildman–Crippen LogP) is 5.42. The third-order valence-electron chi connectivity index (χ3n) is 4.19.